The first kappa shape index (κ1) is 22.5. The van der Waals surface area contributed by atoms with Gasteiger partial charge in [-0.2, -0.15) is 0 Å². The lowest BCUT2D eigenvalue weighted by atomic mass is 9.94. The van der Waals surface area contributed by atoms with Crippen molar-refractivity contribution in [2.24, 2.45) is 17.8 Å². The Morgan fingerprint density at radius 2 is 2.09 bits per heavy atom. The molecular weight excluding hydrogens is 419 g/mol. The molecule has 1 saturated carbocycles. The Hall–Kier alpha value is -2.66. The topological polar surface area (TPSA) is 53.0 Å². The molecule has 3 aliphatic rings. The van der Waals surface area contributed by atoms with Crippen molar-refractivity contribution in [3.05, 3.63) is 87.7 Å². The minimum Gasteiger partial charge on any atom is -0.352 e. The summed E-state index contributed by atoms with van der Waals surface area (Å²) in [7, 11) is 0. The summed E-state index contributed by atoms with van der Waals surface area (Å²) < 4.78 is 14.6. The van der Waals surface area contributed by atoms with Gasteiger partial charge in [0, 0.05) is 29.6 Å². The van der Waals surface area contributed by atoms with E-state index in [1.165, 1.54) is 6.08 Å². The third-order valence-electron chi connectivity index (χ3n) is 5.96. The first-order chi connectivity index (χ1) is 15.3. The van der Waals surface area contributed by atoms with Gasteiger partial charge in [-0.3, -0.25) is 10.2 Å². The Morgan fingerprint density at radius 1 is 1.31 bits per heavy atom. The number of hydrogen-bond donors (Lipinski definition) is 2. The molecule has 0 heterocycles. The van der Waals surface area contributed by atoms with Gasteiger partial charge >= 0.3 is 0 Å². The number of rotatable bonds is 7. The van der Waals surface area contributed by atoms with Crippen LogP contribution >= 0.6 is 11.8 Å². The van der Waals surface area contributed by atoms with E-state index in [2.05, 4.69) is 19.2 Å². The molecule has 0 bridgehead atoms. The maximum absolute atomic E-state index is 14.6. The monoisotopic (exact) mass is 450 g/mol. The van der Waals surface area contributed by atoms with Gasteiger partial charge in [0.25, 0.3) is 5.91 Å². The third-order valence-corrected chi connectivity index (χ3v) is 7.27. The predicted octanol–water partition coefficient (Wildman–Crippen LogP) is 6.75. The molecule has 1 aromatic carbocycles. The number of carbonyl (C=O) groups is 1. The minimum absolute atomic E-state index is 0. The summed E-state index contributed by atoms with van der Waals surface area (Å²) in [6.45, 7) is 6.80. The molecule has 168 valence electrons. The van der Waals surface area contributed by atoms with E-state index in [1.54, 1.807) is 11.8 Å². The van der Waals surface area contributed by atoms with Crippen LogP contribution in [0.5, 0.6) is 0 Å². The quantitative estimate of drug-likeness (QED) is 0.451. The number of carbonyl (C=O) groups excluding carboxylic acids is 1. The third kappa shape index (κ3) is 4.88. The molecule has 2 atom stereocenters. The number of hydrogen-bond acceptors (Lipinski definition) is 3. The lowest BCUT2D eigenvalue weighted by Crippen LogP contribution is -2.28. The van der Waals surface area contributed by atoms with Crippen molar-refractivity contribution >= 4 is 23.4 Å². The Bertz CT molecular complexity index is 1110. The van der Waals surface area contributed by atoms with Crippen LogP contribution in [0.2, 0.25) is 0 Å². The summed E-state index contributed by atoms with van der Waals surface area (Å²) in [6, 6.07) is 7.75. The molecule has 1 aromatic rings. The summed E-state index contributed by atoms with van der Waals surface area (Å²) in [5.74, 6) is 0.583. The van der Waals surface area contributed by atoms with Crippen molar-refractivity contribution in [1.29, 1.82) is 5.41 Å². The Balaban J connectivity index is 0.00000306. The normalized spacial score (nSPS) is 22.0. The molecule has 2 unspecified atom stereocenters. The summed E-state index contributed by atoms with van der Waals surface area (Å²) in [6.07, 6.45) is 10.9. The molecule has 3 aliphatic carbocycles. The van der Waals surface area contributed by atoms with Crippen molar-refractivity contribution in [1.82, 2.24) is 5.32 Å². The van der Waals surface area contributed by atoms with Gasteiger partial charge < -0.3 is 5.32 Å². The smallest absolute Gasteiger partial charge is 0.251 e. The zero-order valence-electron chi connectivity index (χ0n) is 18.7. The van der Waals surface area contributed by atoms with Gasteiger partial charge in [0.2, 0.25) is 0 Å². The molecule has 5 heteroatoms. The predicted molar refractivity (Wildman–Crippen MR) is 133 cm³/mol. The van der Waals surface area contributed by atoms with Crippen molar-refractivity contribution in [2.45, 2.75) is 38.5 Å². The van der Waals surface area contributed by atoms with Gasteiger partial charge in [0.05, 0.1) is 5.71 Å². The molecule has 0 aliphatic heterocycles. The molecule has 3 nitrogen and oxygen atoms in total. The Kier molecular flexibility index (Phi) is 6.66. The molecule has 0 radical (unpaired) electrons. The molecule has 1 fully saturated rings. The van der Waals surface area contributed by atoms with Gasteiger partial charge in [0.1, 0.15) is 5.83 Å². The van der Waals surface area contributed by atoms with Crippen LogP contribution in [0.3, 0.4) is 0 Å². The maximum atomic E-state index is 14.6. The second kappa shape index (κ2) is 9.45. The lowest BCUT2D eigenvalue weighted by Gasteiger charge is -2.16. The average Bonchev–Trinajstić information content (AvgIpc) is 3.57. The number of allylic oxidation sites excluding steroid dienone is 8. The van der Waals surface area contributed by atoms with Crippen molar-refractivity contribution in [3.8, 4) is 0 Å². The molecule has 0 aromatic heterocycles. The van der Waals surface area contributed by atoms with E-state index in [-0.39, 0.29) is 24.8 Å². The fraction of sp³-hybridized carbons (Fsp3) is 0.333. The number of amides is 1. The summed E-state index contributed by atoms with van der Waals surface area (Å²) >= 11 is 1.60. The van der Waals surface area contributed by atoms with Crippen molar-refractivity contribution in [2.75, 3.05) is 6.54 Å². The first-order valence-corrected chi connectivity index (χ1v) is 12.0. The highest BCUT2D eigenvalue weighted by Crippen LogP contribution is 2.50. The molecule has 4 rings (SSSR count). The van der Waals surface area contributed by atoms with Crippen LogP contribution in [0.1, 0.15) is 40.6 Å². The number of benzene rings is 1. The molecule has 0 spiro atoms. The molecule has 32 heavy (non-hydrogen) atoms. The fourth-order valence-corrected chi connectivity index (χ4v) is 5.15. The molecule has 0 saturated heterocycles. The van der Waals surface area contributed by atoms with E-state index < -0.39 is 0 Å². The van der Waals surface area contributed by atoms with Crippen LogP contribution in [0, 0.1) is 23.2 Å². The SMILES string of the molecule is CC1=C(Sc2ccccc2C(=N)C2=C(F)C=CC3CC23)CC=CC(C(=O)NCC(C)C)=C1.[HH]. The Morgan fingerprint density at radius 3 is 2.88 bits per heavy atom. The first-order valence-electron chi connectivity index (χ1n) is 11.2. The van der Waals surface area contributed by atoms with Crippen LogP contribution < -0.4 is 5.32 Å². The lowest BCUT2D eigenvalue weighted by molar-refractivity contribution is -0.117. The van der Waals surface area contributed by atoms with Crippen LogP contribution in [0.25, 0.3) is 0 Å². The zero-order valence-corrected chi connectivity index (χ0v) is 19.6. The van der Waals surface area contributed by atoms with Crippen molar-refractivity contribution < 1.29 is 10.6 Å². The second-order valence-corrected chi connectivity index (χ2v) is 10.2. The average molecular weight is 451 g/mol. The fourth-order valence-electron chi connectivity index (χ4n) is 4.06. The largest absolute Gasteiger partial charge is 0.352 e. The van der Waals surface area contributed by atoms with Crippen LogP contribution in [0.15, 0.2) is 87.0 Å². The minimum atomic E-state index is -0.277. The van der Waals surface area contributed by atoms with E-state index in [1.807, 2.05) is 55.5 Å². The highest BCUT2D eigenvalue weighted by molar-refractivity contribution is 8.03. The summed E-state index contributed by atoms with van der Waals surface area (Å²) in [4.78, 5) is 14.6. The summed E-state index contributed by atoms with van der Waals surface area (Å²) in [5, 5.41) is 11.8. The van der Waals surface area contributed by atoms with Gasteiger partial charge in [0.15, 0.2) is 0 Å². The van der Waals surface area contributed by atoms with Gasteiger partial charge in [-0.1, -0.05) is 62.0 Å². The van der Waals surface area contributed by atoms with Gasteiger partial charge in [-0.15, -0.1) is 0 Å². The van der Waals surface area contributed by atoms with Crippen LogP contribution in [-0.2, 0) is 4.79 Å². The van der Waals surface area contributed by atoms with E-state index in [4.69, 9.17) is 5.41 Å². The highest BCUT2D eigenvalue weighted by atomic mass is 32.2. The van der Waals surface area contributed by atoms with E-state index >= 15 is 0 Å². The molecular formula is C27H31FN2OS. The molecule has 2 N–H and O–H groups in total. The maximum Gasteiger partial charge on any atom is 0.251 e. The van der Waals surface area contributed by atoms with Gasteiger partial charge in [-0.05, 0) is 66.2 Å². The van der Waals surface area contributed by atoms with E-state index in [9.17, 15) is 9.18 Å². The van der Waals surface area contributed by atoms with Gasteiger partial charge in [-0.25, -0.2) is 4.39 Å². The second-order valence-electron chi connectivity index (χ2n) is 9.02. The highest BCUT2D eigenvalue weighted by Gasteiger charge is 2.43. The molecule has 1 amide bonds. The Labute approximate surface area is 195 Å². The van der Waals surface area contributed by atoms with E-state index in [0.717, 1.165) is 27.4 Å². The number of nitrogens with one attached hydrogen (secondary N) is 2. The number of thioether (sulfide) groups is 1. The van der Waals surface area contributed by atoms with Crippen LogP contribution in [0.4, 0.5) is 4.39 Å². The van der Waals surface area contributed by atoms with Crippen LogP contribution in [-0.4, -0.2) is 18.2 Å². The van der Waals surface area contributed by atoms with E-state index in [0.29, 0.717) is 35.9 Å². The number of halogens is 1. The zero-order chi connectivity index (χ0) is 22.8. The number of fused-ring (bicyclic) bond motifs is 1. The summed E-state index contributed by atoms with van der Waals surface area (Å²) in [5.41, 5.74) is 3.27. The van der Waals surface area contributed by atoms with Crippen molar-refractivity contribution in [3.63, 3.8) is 0 Å². The standard InChI is InChI=1S/C27H29FN2OS.H2/c1-16(2)15-30-27(31)19-7-6-10-23(17(3)13-19)32-24-9-5-4-8-20(24)26(29)25-21-14-18(21)11-12-22(25)28;/h4-9,11-13,16,18,21,29H,10,14-15H2,1-3H3,(H,30,31);1H.